The maximum Gasteiger partial charge on any atom is 0.256 e. The summed E-state index contributed by atoms with van der Waals surface area (Å²) in [6.07, 6.45) is 1.38. The van der Waals surface area contributed by atoms with E-state index >= 15 is 0 Å². The largest absolute Gasteiger partial charge is 0.383 e. The fraction of sp³-hybridized carbons (Fsp3) is 0.556. The summed E-state index contributed by atoms with van der Waals surface area (Å²) in [5.74, 6) is 0.251. The summed E-state index contributed by atoms with van der Waals surface area (Å²) < 4.78 is 9.61. The summed E-state index contributed by atoms with van der Waals surface area (Å²) in [4.78, 5) is 11.5. The number of aryl methyl sites for hydroxylation is 1. The van der Waals surface area contributed by atoms with E-state index in [0.29, 0.717) is 24.5 Å². The Balaban J connectivity index is 2.40. The minimum atomic E-state index is -0.240. The van der Waals surface area contributed by atoms with Gasteiger partial charge in [-0.3, -0.25) is 4.79 Å². The van der Waals surface area contributed by atoms with E-state index in [2.05, 4.69) is 10.5 Å². The molecule has 1 heterocycles. The molecule has 0 aliphatic rings. The van der Waals surface area contributed by atoms with E-state index in [4.69, 9.17) is 20.9 Å². The maximum atomic E-state index is 11.5. The summed E-state index contributed by atoms with van der Waals surface area (Å²) in [5.41, 5.74) is 0.427. The Hall–Kier alpha value is -1.07. The predicted octanol–water partition coefficient (Wildman–Crippen LogP) is 0.967. The van der Waals surface area contributed by atoms with Crippen molar-refractivity contribution in [3.63, 3.8) is 0 Å². The Morgan fingerprint density at radius 3 is 3.07 bits per heavy atom. The van der Waals surface area contributed by atoms with Crippen LogP contribution < -0.4 is 5.32 Å². The molecule has 84 valence electrons. The lowest BCUT2D eigenvalue weighted by molar-refractivity contribution is 0.0947. The summed E-state index contributed by atoms with van der Waals surface area (Å²) in [6, 6.07) is 0. The van der Waals surface area contributed by atoms with Gasteiger partial charge in [-0.15, -0.1) is 11.6 Å². The van der Waals surface area contributed by atoms with Gasteiger partial charge < -0.3 is 14.6 Å². The second kappa shape index (κ2) is 5.72. The average Bonchev–Trinajstić information content (AvgIpc) is 2.61. The average molecular weight is 233 g/mol. The normalized spacial score (nSPS) is 12.5. The number of nitrogens with one attached hydrogen (secondary N) is 1. The Morgan fingerprint density at radius 1 is 1.80 bits per heavy atom. The van der Waals surface area contributed by atoms with Crippen LogP contribution in [0.5, 0.6) is 0 Å². The van der Waals surface area contributed by atoms with Gasteiger partial charge in [0.25, 0.3) is 5.91 Å². The van der Waals surface area contributed by atoms with Gasteiger partial charge in [0.1, 0.15) is 11.3 Å². The van der Waals surface area contributed by atoms with Crippen LogP contribution in [0.3, 0.4) is 0 Å². The Labute approximate surface area is 92.7 Å². The summed E-state index contributed by atoms with van der Waals surface area (Å²) in [5, 5.41) is 5.94. The maximum absolute atomic E-state index is 11.5. The highest BCUT2D eigenvalue weighted by Crippen LogP contribution is 2.05. The topological polar surface area (TPSA) is 64.4 Å². The molecule has 0 saturated carbocycles. The summed E-state index contributed by atoms with van der Waals surface area (Å²) >= 11 is 5.85. The Morgan fingerprint density at radius 2 is 2.53 bits per heavy atom. The Bertz CT molecular complexity index is 327. The molecular weight excluding hydrogens is 220 g/mol. The van der Waals surface area contributed by atoms with Gasteiger partial charge in [-0.05, 0) is 6.92 Å². The molecule has 0 aliphatic heterocycles. The van der Waals surface area contributed by atoms with Crippen molar-refractivity contribution in [3.8, 4) is 0 Å². The van der Waals surface area contributed by atoms with Crippen molar-refractivity contribution in [2.75, 3.05) is 20.3 Å². The van der Waals surface area contributed by atoms with E-state index in [0.717, 1.165) is 0 Å². The fourth-order valence-corrected chi connectivity index (χ4v) is 1.26. The number of carbonyl (C=O) groups is 1. The molecule has 1 N–H and O–H groups in total. The molecule has 0 aromatic carbocycles. The van der Waals surface area contributed by atoms with Crippen molar-refractivity contribution in [2.45, 2.75) is 12.3 Å². The van der Waals surface area contributed by atoms with Crippen LogP contribution in [-0.2, 0) is 4.74 Å². The van der Waals surface area contributed by atoms with Crippen molar-refractivity contribution < 1.29 is 14.1 Å². The minimum absolute atomic E-state index is 0.237. The molecule has 15 heavy (non-hydrogen) atoms. The molecule has 0 radical (unpaired) electrons. The van der Waals surface area contributed by atoms with Gasteiger partial charge in [-0.1, -0.05) is 5.16 Å². The summed E-state index contributed by atoms with van der Waals surface area (Å²) in [7, 11) is 1.56. The third-order valence-electron chi connectivity index (χ3n) is 1.83. The number of nitrogens with zero attached hydrogens (tertiary/aromatic N) is 1. The van der Waals surface area contributed by atoms with Crippen LogP contribution in [0.2, 0.25) is 0 Å². The fourth-order valence-electron chi connectivity index (χ4n) is 1.06. The molecule has 0 saturated heterocycles. The third kappa shape index (κ3) is 3.53. The molecule has 6 heteroatoms. The molecule has 0 spiro atoms. The number of aromatic nitrogens is 1. The van der Waals surface area contributed by atoms with Crippen molar-refractivity contribution in [1.29, 1.82) is 0 Å². The molecule has 1 aromatic heterocycles. The highest BCUT2D eigenvalue weighted by atomic mass is 35.5. The van der Waals surface area contributed by atoms with Crippen molar-refractivity contribution >= 4 is 17.5 Å². The number of carbonyl (C=O) groups excluding carboxylic acids is 1. The lowest BCUT2D eigenvalue weighted by atomic mass is 10.2. The molecule has 1 aromatic rings. The SMILES string of the molecule is COCC(Cl)CNC(=O)c1cnoc1C. The first kappa shape index (κ1) is 12.0. The molecular formula is C9H13ClN2O3. The smallest absolute Gasteiger partial charge is 0.256 e. The van der Waals surface area contributed by atoms with Crippen LogP contribution in [0.25, 0.3) is 0 Å². The zero-order valence-electron chi connectivity index (χ0n) is 8.62. The number of ether oxygens (including phenoxy) is 1. The number of hydrogen-bond acceptors (Lipinski definition) is 4. The molecule has 5 nitrogen and oxygen atoms in total. The van der Waals surface area contributed by atoms with Gasteiger partial charge in [0.2, 0.25) is 0 Å². The highest BCUT2D eigenvalue weighted by Gasteiger charge is 2.13. The van der Waals surface area contributed by atoms with Crippen LogP contribution in [-0.4, -0.2) is 36.7 Å². The van der Waals surface area contributed by atoms with E-state index < -0.39 is 0 Å². The number of hydrogen-bond donors (Lipinski definition) is 1. The van der Waals surface area contributed by atoms with Gasteiger partial charge in [-0.2, -0.15) is 0 Å². The zero-order chi connectivity index (χ0) is 11.3. The first-order valence-electron chi connectivity index (χ1n) is 4.47. The third-order valence-corrected chi connectivity index (χ3v) is 2.11. The Kier molecular flexibility index (Phi) is 4.58. The first-order valence-corrected chi connectivity index (χ1v) is 4.91. The van der Waals surface area contributed by atoms with Gasteiger partial charge in [-0.25, -0.2) is 0 Å². The van der Waals surface area contributed by atoms with Crippen LogP contribution in [0.15, 0.2) is 10.7 Å². The minimum Gasteiger partial charge on any atom is -0.383 e. The molecule has 1 rings (SSSR count). The van der Waals surface area contributed by atoms with Crippen LogP contribution in [0, 0.1) is 6.92 Å². The van der Waals surface area contributed by atoms with Gasteiger partial charge in [0.15, 0.2) is 0 Å². The summed E-state index contributed by atoms with van der Waals surface area (Å²) in [6.45, 7) is 2.42. The molecule has 0 bridgehead atoms. The van der Waals surface area contributed by atoms with Gasteiger partial charge in [0, 0.05) is 13.7 Å². The molecule has 1 atom stereocenters. The molecule has 1 unspecified atom stereocenters. The van der Waals surface area contributed by atoms with Gasteiger partial charge in [0.05, 0.1) is 18.2 Å². The number of amides is 1. The molecule has 0 aliphatic carbocycles. The second-order valence-corrected chi connectivity index (χ2v) is 3.68. The number of rotatable bonds is 5. The van der Waals surface area contributed by atoms with Gasteiger partial charge >= 0.3 is 0 Å². The zero-order valence-corrected chi connectivity index (χ0v) is 9.37. The number of alkyl halides is 1. The van der Waals surface area contributed by atoms with E-state index in [9.17, 15) is 4.79 Å². The van der Waals surface area contributed by atoms with Crippen LogP contribution >= 0.6 is 11.6 Å². The number of methoxy groups -OCH3 is 1. The predicted molar refractivity (Wildman–Crippen MR) is 55.1 cm³/mol. The molecule has 0 fully saturated rings. The molecule has 1 amide bonds. The van der Waals surface area contributed by atoms with E-state index in [1.54, 1.807) is 14.0 Å². The van der Waals surface area contributed by atoms with Crippen LogP contribution in [0.4, 0.5) is 0 Å². The van der Waals surface area contributed by atoms with E-state index in [1.807, 2.05) is 0 Å². The highest BCUT2D eigenvalue weighted by molar-refractivity contribution is 6.21. The standard InChI is InChI=1S/C9H13ClN2O3/c1-6-8(4-12-15-6)9(13)11-3-7(10)5-14-2/h4,7H,3,5H2,1-2H3,(H,11,13). The lowest BCUT2D eigenvalue weighted by Gasteiger charge is -2.08. The van der Waals surface area contributed by atoms with E-state index in [1.165, 1.54) is 6.20 Å². The van der Waals surface area contributed by atoms with Crippen molar-refractivity contribution in [1.82, 2.24) is 10.5 Å². The monoisotopic (exact) mass is 232 g/mol. The lowest BCUT2D eigenvalue weighted by Crippen LogP contribution is -2.31. The number of halogens is 1. The van der Waals surface area contributed by atoms with Crippen molar-refractivity contribution in [3.05, 3.63) is 17.5 Å². The second-order valence-electron chi connectivity index (χ2n) is 3.06. The van der Waals surface area contributed by atoms with Crippen molar-refractivity contribution in [2.24, 2.45) is 0 Å². The van der Waals surface area contributed by atoms with E-state index in [-0.39, 0.29) is 11.3 Å². The van der Waals surface area contributed by atoms with Crippen LogP contribution in [0.1, 0.15) is 16.1 Å². The first-order chi connectivity index (χ1) is 7.15. The quantitative estimate of drug-likeness (QED) is 0.769.